The van der Waals surface area contributed by atoms with Crippen LogP contribution < -0.4 is 5.32 Å². The van der Waals surface area contributed by atoms with E-state index in [1.54, 1.807) is 17.5 Å². The highest BCUT2D eigenvalue weighted by molar-refractivity contribution is 7.13. The molecule has 0 aliphatic heterocycles. The van der Waals surface area contributed by atoms with Gasteiger partial charge in [0.2, 0.25) is 5.91 Å². The number of nitrogens with zero attached hydrogens (tertiary/aromatic N) is 1. The number of nitrogens with one attached hydrogen (secondary N) is 1. The van der Waals surface area contributed by atoms with E-state index in [4.69, 9.17) is 4.74 Å². The first-order chi connectivity index (χ1) is 8.29. The summed E-state index contributed by atoms with van der Waals surface area (Å²) in [4.78, 5) is 15.5. The van der Waals surface area contributed by atoms with E-state index in [9.17, 15) is 4.79 Å². The van der Waals surface area contributed by atoms with Crippen molar-refractivity contribution in [1.82, 2.24) is 4.98 Å². The first-order valence-corrected chi connectivity index (χ1v) is 5.96. The number of hydrogen-bond donors (Lipinski definition) is 1. The Morgan fingerprint density at radius 1 is 1.41 bits per heavy atom. The van der Waals surface area contributed by atoms with Crippen molar-refractivity contribution in [2.45, 2.75) is 0 Å². The number of benzene rings is 1. The zero-order valence-electron chi connectivity index (χ0n) is 9.34. The van der Waals surface area contributed by atoms with Gasteiger partial charge in [0, 0.05) is 29.9 Å². The lowest BCUT2D eigenvalue weighted by molar-refractivity contribution is -0.119. The molecule has 0 atom stereocenters. The summed E-state index contributed by atoms with van der Waals surface area (Å²) in [6.07, 6.45) is 1.77. The predicted molar refractivity (Wildman–Crippen MR) is 68.1 cm³/mol. The normalized spacial score (nSPS) is 10.2. The second-order valence-corrected chi connectivity index (χ2v) is 4.29. The Morgan fingerprint density at radius 2 is 2.18 bits per heavy atom. The molecule has 1 amide bonds. The summed E-state index contributed by atoms with van der Waals surface area (Å²) >= 11 is 1.59. The number of carbonyl (C=O) groups excluding carboxylic acids is 1. The smallest absolute Gasteiger partial charge is 0.250 e. The van der Waals surface area contributed by atoms with Gasteiger partial charge >= 0.3 is 0 Å². The van der Waals surface area contributed by atoms with Crippen LogP contribution in [0.4, 0.5) is 5.69 Å². The molecule has 1 aromatic heterocycles. The molecule has 2 rings (SSSR count). The summed E-state index contributed by atoms with van der Waals surface area (Å²) in [6, 6.07) is 7.57. The van der Waals surface area contributed by atoms with Crippen molar-refractivity contribution >= 4 is 22.9 Å². The molecule has 0 spiro atoms. The number of carbonyl (C=O) groups is 1. The van der Waals surface area contributed by atoms with Crippen molar-refractivity contribution in [3.8, 4) is 10.6 Å². The van der Waals surface area contributed by atoms with E-state index in [2.05, 4.69) is 10.3 Å². The molecule has 2 aromatic rings. The van der Waals surface area contributed by atoms with E-state index in [1.807, 2.05) is 29.6 Å². The van der Waals surface area contributed by atoms with E-state index in [-0.39, 0.29) is 12.5 Å². The molecule has 88 valence electrons. The third-order valence-corrected chi connectivity index (χ3v) is 2.95. The van der Waals surface area contributed by atoms with Crippen molar-refractivity contribution in [3.05, 3.63) is 35.8 Å². The largest absolute Gasteiger partial charge is 0.375 e. The van der Waals surface area contributed by atoms with E-state index in [0.29, 0.717) is 0 Å². The lowest BCUT2D eigenvalue weighted by Gasteiger charge is -2.04. The van der Waals surface area contributed by atoms with Gasteiger partial charge in [0.25, 0.3) is 0 Å². The van der Waals surface area contributed by atoms with Crippen LogP contribution in [0.5, 0.6) is 0 Å². The third-order valence-electron chi connectivity index (χ3n) is 2.12. The Hall–Kier alpha value is -1.72. The number of hydrogen-bond acceptors (Lipinski definition) is 4. The summed E-state index contributed by atoms with van der Waals surface area (Å²) in [6.45, 7) is 0.0637. The van der Waals surface area contributed by atoms with Crippen LogP contribution >= 0.6 is 11.3 Å². The fourth-order valence-electron chi connectivity index (χ4n) is 1.39. The van der Waals surface area contributed by atoms with Crippen molar-refractivity contribution in [1.29, 1.82) is 0 Å². The van der Waals surface area contributed by atoms with Gasteiger partial charge in [-0.25, -0.2) is 4.98 Å². The molecule has 0 fully saturated rings. The van der Waals surface area contributed by atoms with Crippen LogP contribution in [0.1, 0.15) is 0 Å². The van der Waals surface area contributed by atoms with Gasteiger partial charge < -0.3 is 10.1 Å². The predicted octanol–water partition coefficient (Wildman–Crippen LogP) is 2.40. The monoisotopic (exact) mass is 248 g/mol. The van der Waals surface area contributed by atoms with Gasteiger partial charge in [0.1, 0.15) is 11.6 Å². The van der Waals surface area contributed by atoms with Crippen LogP contribution in [0.3, 0.4) is 0 Å². The van der Waals surface area contributed by atoms with Crippen molar-refractivity contribution in [2.75, 3.05) is 19.0 Å². The lowest BCUT2D eigenvalue weighted by Crippen LogP contribution is -2.16. The summed E-state index contributed by atoms with van der Waals surface area (Å²) in [5.74, 6) is -0.158. The first kappa shape index (κ1) is 11.8. The Labute approximate surface area is 103 Å². The Morgan fingerprint density at radius 3 is 2.76 bits per heavy atom. The number of aromatic nitrogens is 1. The highest BCUT2D eigenvalue weighted by Gasteiger charge is 2.03. The van der Waals surface area contributed by atoms with Gasteiger partial charge in [-0.2, -0.15) is 0 Å². The van der Waals surface area contributed by atoms with E-state index >= 15 is 0 Å². The molecule has 4 nitrogen and oxygen atoms in total. The van der Waals surface area contributed by atoms with E-state index in [1.165, 1.54) is 7.11 Å². The Balaban J connectivity index is 2.06. The fraction of sp³-hybridized carbons (Fsp3) is 0.167. The van der Waals surface area contributed by atoms with Crippen LogP contribution in [0.2, 0.25) is 0 Å². The first-order valence-electron chi connectivity index (χ1n) is 5.08. The van der Waals surface area contributed by atoms with E-state index in [0.717, 1.165) is 16.3 Å². The second kappa shape index (κ2) is 5.56. The third kappa shape index (κ3) is 3.12. The molecular formula is C12H12N2O2S. The summed E-state index contributed by atoms with van der Waals surface area (Å²) in [5.41, 5.74) is 1.80. The lowest BCUT2D eigenvalue weighted by atomic mass is 10.2. The van der Waals surface area contributed by atoms with Crippen molar-refractivity contribution in [2.24, 2.45) is 0 Å². The molecule has 0 aliphatic rings. The molecule has 0 bridgehead atoms. The highest BCUT2D eigenvalue weighted by atomic mass is 32.1. The Kier molecular flexibility index (Phi) is 3.85. The zero-order chi connectivity index (χ0) is 12.1. The molecule has 1 aromatic carbocycles. The van der Waals surface area contributed by atoms with Gasteiger partial charge in [-0.3, -0.25) is 4.79 Å². The van der Waals surface area contributed by atoms with Gasteiger partial charge in [-0.05, 0) is 24.3 Å². The van der Waals surface area contributed by atoms with Gasteiger partial charge in [-0.15, -0.1) is 11.3 Å². The fourth-order valence-corrected chi connectivity index (χ4v) is 2.03. The molecule has 17 heavy (non-hydrogen) atoms. The minimum Gasteiger partial charge on any atom is -0.375 e. The van der Waals surface area contributed by atoms with Crippen LogP contribution in [-0.4, -0.2) is 24.6 Å². The SMILES string of the molecule is COCC(=O)Nc1ccc(-c2nccs2)cc1. The molecule has 0 aliphatic carbocycles. The number of anilines is 1. The van der Waals surface area contributed by atoms with Crippen molar-refractivity contribution in [3.63, 3.8) is 0 Å². The van der Waals surface area contributed by atoms with Gasteiger partial charge in [-0.1, -0.05) is 0 Å². The topological polar surface area (TPSA) is 51.2 Å². The summed E-state index contributed by atoms with van der Waals surface area (Å²) in [7, 11) is 1.49. The zero-order valence-corrected chi connectivity index (χ0v) is 10.2. The number of ether oxygens (including phenoxy) is 1. The summed E-state index contributed by atoms with van der Waals surface area (Å²) < 4.78 is 4.74. The summed E-state index contributed by atoms with van der Waals surface area (Å²) in [5, 5.41) is 5.64. The molecule has 0 saturated carbocycles. The number of thiazole rings is 1. The molecule has 1 N–H and O–H groups in total. The maximum absolute atomic E-state index is 11.3. The average molecular weight is 248 g/mol. The van der Waals surface area contributed by atoms with E-state index < -0.39 is 0 Å². The maximum atomic E-state index is 11.3. The number of amides is 1. The van der Waals surface area contributed by atoms with Crippen LogP contribution in [-0.2, 0) is 9.53 Å². The van der Waals surface area contributed by atoms with Crippen molar-refractivity contribution < 1.29 is 9.53 Å². The molecule has 0 radical (unpaired) electrons. The number of methoxy groups -OCH3 is 1. The minimum absolute atomic E-state index is 0.0637. The Bertz CT molecular complexity index is 480. The van der Waals surface area contributed by atoms with Gasteiger partial charge in [0.05, 0.1) is 0 Å². The minimum atomic E-state index is -0.158. The maximum Gasteiger partial charge on any atom is 0.250 e. The van der Waals surface area contributed by atoms with Crippen LogP contribution in [0.25, 0.3) is 10.6 Å². The average Bonchev–Trinajstić information content (AvgIpc) is 2.84. The molecule has 1 heterocycles. The molecular weight excluding hydrogens is 236 g/mol. The molecule has 5 heteroatoms. The van der Waals surface area contributed by atoms with Crippen LogP contribution in [0.15, 0.2) is 35.8 Å². The second-order valence-electron chi connectivity index (χ2n) is 3.40. The van der Waals surface area contributed by atoms with Crippen LogP contribution in [0, 0.1) is 0 Å². The molecule has 0 saturated heterocycles. The molecule has 0 unspecified atom stereocenters. The standard InChI is InChI=1S/C12H12N2O2S/c1-16-8-11(15)14-10-4-2-9(3-5-10)12-13-6-7-17-12/h2-7H,8H2,1H3,(H,14,15). The van der Waals surface area contributed by atoms with Gasteiger partial charge in [0.15, 0.2) is 0 Å². The quantitative estimate of drug-likeness (QED) is 0.903. The highest BCUT2D eigenvalue weighted by Crippen LogP contribution is 2.23. The number of rotatable bonds is 4.